The number of halogens is 1. The molecule has 0 unspecified atom stereocenters. The minimum Gasteiger partial charge on any atom is -0.271 e. The number of hydrogen-bond acceptors (Lipinski definition) is 4. The van der Waals surface area contributed by atoms with Gasteiger partial charge in [-0.15, -0.1) is 0 Å². The average Bonchev–Trinajstić information content (AvgIpc) is 2.08. The number of hydrogen-bond donors (Lipinski definition) is 2. The van der Waals surface area contributed by atoms with E-state index in [1.165, 1.54) is 6.07 Å². The van der Waals surface area contributed by atoms with Gasteiger partial charge in [0.2, 0.25) is 0 Å². The number of nitro benzene ring substituents is 1. The van der Waals surface area contributed by atoms with Gasteiger partial charge in [0.25, 0.3) is 5.69 Å². The molecule has 0 fully saturated rings. The summed E-state index contributed by atoms with van der Waals surface area (Å²) in [5.41, 5.74) is 3.01. The topological polar surface area (TPSA) is 81.2 Å². The van der Waals surface area contributed by atoms with Crippen molar-refractivity contribution in [1.82, 2.24) is 5.43 Å². The quantitative estimate of drug-likeness (QED) is 0.478. The Hall–Kier alpha value is -0.980. The molecule has 0 radical (unpaired) electrons. The lowest BCUT2D eigenvalue weighted by Gasteiger charge is -2.01. The van der Waals surface area contributed by atoms with Crippen molar-refractivity contribution < 1.29 is 4.92 Å². The van der Waals surface area contributed by atoms with Gasteiger partial charge < -0.3 is 0 Å². The molecule has 0 aromatic heterocycles. The van der Waals surface area contributed by atoms with Crippen LogP contribution in [0.3, 0.4) is 0 Å². The number of hydrazine groups is 1. The number of nitrogens with one attached hydrogen (secondary N) is 1. The maximum absolute atomic E-state index is 10.6. The van der Waals surface area contributed by atoms with Crippen molar-refractivity contribution in [1.29, 1.82) is 0 Å². The molecule has 0 saturated heterocycles. The molecule has 0 spiro atoms. The molecule has 0 heterocycles. The van der Waals surface area contributed by atoms with Crippen molar-refractivity contribution in [3.05, 3.63) is 38.3 Å². The molecule has 70 valence electrons. The Bertz CT molecular complexity index is 330. The first-order valence-electron chi connectivity index (χ1n) is 3.51. The zero-order valence-corrected chi connectivity index (χ0v) is 8.24. The van der Waals surface area contributed by atoms with E-state index in [0.717, 1.165) is 0 Å². The summed E-state index contributed by atoms with van der Waals surface area (Å²) in [6.07, 6.45) is 0. The van der Waals surface area contributed by atoms with Crippen LogP contribution in [0.1, 0.15) is 5.56 Å². The molecule has 1 aromatic rings. The molecule has 0 saturated carbocycles. The molecule has 0 aliphatic rings. The molecular weight excluding hydrogens is 238 g/mol. The Balaban J connectivity index is 3.10. The van der Waals surface area contributed by atoms with Crippen molar-refractivity contribution in [2.75, 3.05) is 0 Å². The predicted molar refractivity (Wildman–Crippen MR) is 51.8 cm³/mol. The average molecular weight is 246 g/mol. The molecule has 3 N–H and O–H groups in total. The second kappa shape index (κ2) is 4.31. The molecule has 0 atom stereocenters. The summed E-state index contributed by atoms with van der Waals surface area (Å²) < 4.78 is 0.681. The van der Waals surface area contributed by atoms with Gasteiger partial charge in [0, 0.05) is 22.6 Å². The second-order valence-electron chi connectivity index (χ2n) is 2.41. The number of nitrogens with zero attached hydrogens (tertiary/aromatic N) is 1. The number of nitro groups is 1. The van der Waals surface area contributed by atoms with Gasteiger partial charge in [0.1, 0.15) is 0 Å². The highest BCUT2D eigenvalue weighted by molar-refractivity contribution is 9.10. The summed E-state index contributed by atoms with van der Waals surface area (Å²) >= 11 is 3.16. The first kappa shape index (κ1) is 10.1. The Kier molecular flexibility index (Phi) is 3.35. The van der Waals surface area contributed by atoms with Gasteiger partial charge in [0.15, 0.2) is 0 Å². The van der Waals surface area contributed by atoms with Crippen LogP contribution in [0.2, 0.25) is 0 Å². The minimum atomic E-state index is -0.433. The fraction of sp³-hybridized carbons (Fsp3) is 0.143. The van der Waals surface area contributed by atoms with Crippen molar-refractivity contribution in [3.63, 3.8) is 0 Å². The first-order chi connectivity index (χ1) is 6.15. The fourth-order valence-electron chi connectivity index (χ4n) is 0.966. The van der Waals surface area contributed by atoms with Crippen LogP contribution in [0.25, 0.3) is 0 Å². The molecule has 0 aliphatic carbocycles. The smallest absolute Gasteiger partial charge is 0.271 e. The van der Waals surface area contributed by atoms with E-state index in [9.17, 15) is 10.1 Å². The normalized spacial score (nSPS) is 10.0. The largest absolute Gasteiger partial charge is 0.275 e. The standard InChI is InChI=1S/C7H8BrN3O2/c8-6-2-1-5(4-10-9)7(3-6)11(12)13/h1-3,10H,4,9H2. The maximum atomic E-state index is 10.6. The maximum Gasteiger partial charge on any atom is 0.275 e. The van der Waals surface area contributed by atoms with E-state index < -0.39 is 4.92 Å². The van der Waals surface area contributed by atoms with E-state index in [1.807, 2.05) is 0 Å². The summed E-state index contributed by atoms with van der Waals surface area (Å²) in [6, 6.07) is 4.84. The highest BCUT2D eigenvalue weighted by Gasteiger charge is 2.12. The number of rotatable bonds is 3. The highest BCUT2D eigenvalue weighted by Crippen LogP contribution is 2.22. The van der Waals surface area contributed by atoms with Crippen LogP contribution < -0.4 is 11.3 Å². The zero-order valence-electron chi connectivity index (χ0n) is 6.66. The lowest BCUT2D eigenvalue weighted by Crippen LogP contribution is -2.21. The molecule has 13 heavy (non-hydrogen) atoms. The first-order valence-corrected chi connectivity index (χ1v) is 4.30. The minimum absolute atomic E-state index is 0.0623. The Labute approximate surface area is 83.2 Å². The number of benzene rings is 1. The Morgan fingerprint density at radius 3 is 2.85 bits per heavy atom. The van der Waals surface area contributed by atoms with Crippen LogP contribution >= 0.6 is 15.9 Å². The van der Waals surface area contributed by atoms with Gasteiger partial charge in [-0.05, 0) is 12.1 Å². The lowest BCUT2D eigenvalue weighted by molar-refractivity contribution is -0.385. The third-order valence-electron chi connectivity index (χ3n) is 1.54. The molecule has 6 heteroatoms. The van der Waals surface area contributed by atoms with Crippen LogP contribution in [0.5, 0.6) is 0 Å². The monoisotopic (exact) mass is 245 g/mol. The molecule has 1 aromatic carbocycles. The molecule has 0 aliphatic heterocycles. The van der Waals surface area contributed by atoms with Crippen molar-refractivity contribution >= 4 is 21.6 Å². The summed E-state index contributed by atoms with van der Waals surface area (Å²) in [4.78, 5) is 10.1. The zero-order chi connectivity index (χ0) is 9.84. The second-order valence-corrected chi connectivity index (χ2v) is 3.33. The van der Waals surface area contributed by atoms with E-state index in [2.05, 4.69) is 21.4 Å². The van der Waals surface area contributed by atoms with Crippen molar-refractivity contribution in [2.24, 2.45) is 5.84 Å². The summed E-state index contributed by atoms with van der Waals surface area (Å²) in [6.45, 7) is 0.281. The van der Waals surface area contributed by atoms with Crippen molar-refractivity contribution in [2.45, 2.75) is 6.54 Å². The number of nitrogens with two attached hydrogens (primary N) is 1. The summed E-state index contributed by atoms with van der Waals surface area (Å²) in [5.74, 6) is 5.08. The third-order valence-corrected chi connectivity index (χ3v) is 2.03. The lowest BCUT2D eigenvalue weighted by atomic mass is 10.2. The Morgan fingerprint density at radius 1 is 1.62 bits per heavy atom. The van der Waals surface area contributed by atoms with E-state index in [0.29, 0.717) is 10.0 Å². The van der Waals surface area contributed by atoms with Gasteiger partial charge in [-0.3, -0.25) is 21.4 Å². The molecule has 5 nitrogen and oxygen atoms in total. The van der Waals surface area contributed by atoms with E-state index in [-0.39, 0.29) is 12.2 Å². The van der Waals surface area contributed by atoms with Crippen LogP contribution in [0, 0.1) is 10.1 Å². The van der Waals surface area contributed by atoms with Crippen molar-refractivity contribution in [3.8, 4) is 0 Å². The molecule has 0 amide bonds. The third kappa shape index (κ3) is 2.48. The SMILES string of the molecule is NNCc1ccc(Br)cc1[N+](=O)[O-]. The van der Waals surface area contributed by atoms with E-state index in [1.54, 1.807) is 12.1 Å². The van der Waals surface area contributed by atoms with Gasteiger partial charge >= 0.3 is 0 Å². The van der Waals surface area contributed by atoms with E-state index >= 15 is 0 Å². The van der Waals surface area contributed by atoms with Gasteiger partial charge in [-0.2, -0.15) is 0 Å². The molecule has 1 rings (SSSR count). The van der Waals surface area contributed by atoms with Crippen LogP contribution in [-0.2, 0) is 6.54 Å². The molecule has 0 bridgehead atoms. The van der Waals surface area contributed by atoms with Crippen LogP contribution in [0.15, 0.2) is 22.7 Å². The van der Waals surface area contributed by atoms with E-state index in [4.69, 9.17) is 5.84 Å². The summed E-state index contributed by atoms with van der Waals surface area (Å²) in [5, 5.41) is 10.6. The van der Waals surface area contributed by atoms with Crippen LogP contribution in [0.4, 0.5) is 5.69 Å². The van der Waals surface area contributed by atoms with Gasteiger partial charge in [0.05, 0.1) is 4.92 Å². The highest BCUT2D eigenvalue weighted by atomic mass is 79.9. The molecular formula is C7H8BrN3O2. The predicted octanol–water partition coefficient (Wildman–Crippen LogP) is 1.32. The van der Waals surface area contributed by atoms with Gasteiger partial charge in [-0.25, -0.2) is 0 Å². The fourth-order valence-corrected chi connectivity index (χ4v) is 1.32. The summed E-state index contributed by atoms with van der Waals surface area (Å²) in [7, 11) is 0. The van der Waals surface area contributed by atoms with Crippen LogP contribution in [-0.4, -0.2) is 4.92 Å². The Morgan fingerprint density at radius 2 is 2.31 bits per heavy atom. The van der Waals surface area contributed by atoms with Gasteiger partial charge in [-0.1, -0.05) is 15.9 Å².